The summed E-state index contributed by atoms with van der Waals surface area (Å²) >= 11 is 7.75. The van der Waals surface area contributed by atoms with Crippen molar-refractivity contribution in [2.24, 2.45) is 0 Å². The van der Waals surface area contributed by atoms with E-state index in [-0.39, 0.29) is 12.6 Å². The number of furan rings is 1. The van der Waals surface area contributed by atoms with Gasteiger partial charge in [-0.3, -0.25) is 14.5 Å². The van der Waals surface area contributed by atoms with E-state index in [0.29, 0.717) is 11.6 Å². The van der Waals surface area contributed by atoms with Crippen LogP contribution in [0.25, 0.3) is 0 Å². The summed E-state index contributed by atoms with van der Waals surface area (Å²) in [4.78, 5) is 26.5. The van der Waals surface area contributed by atoms with E-state index < -0.39 is 11.8 Å². The van der Waals surface area contributed by atoms with Gasteiger partial charge in [0.1, 0.15) is 5.76 Å². The summed E-state index contributed by atoms with van der Waals surface area (Å²) in [6, 6.07) is 10.8. The molecule has 2 N–H and O–H groups in total. The maximum Gasteiger partial charge on any atom is 0.309 e. The van der Waals surface area contributed by atoms with Gasteiger partial charge in [-0.15, -0.1) is 0 Å². The summed E-state index contributed by atoms with van der Waals surface area (Å²) in [5.41, 5.74) is 0.875. The van der Waals surface area contributed by atoms with Crippen LogP contribution < -0.4 is 10.6 Å². The number of thioether (sulfide) groups is 1. The van der Waals surface area contributed by atoms with Crippen molar-refractivity contribution in [1.82, 2.24) is 15.5 Å². The van der Waals surface area contributed by atoms with Crippen LogP contribution in [-0.4, -0.2) is 47.9 Å². The fourth-order valence-corrected chi connectivity index (χ4v) is 3.97. The molecule has 27 heavy (non-hydrogen) atoms. The van der Waals surface area contributed by atoms with E-state index in [9.17, 15) is 9.59 Å². The minimum atomic E-state index is -0.655. The summed E-state index contributed by atoms with van der Waals surface area (Å²) in [5.74, 6) is 1.59. The van der Waals surface area contributed by atoms with Crippen molar-refractivity contribution in [3.63, 3.8) is 0 Å². The van der Waals surface area contributed by atoms with Gasteiger partial charge in [-0.1, -0.05) is 23.7 Å². The van der Waals surface area contributed by atoms with Crippen molar-refractivity contribution in [2.45, 2.75) is 12.6 Å². The van der Waals surface area contributed by atoms with Crippen LogP contribution in [0.2, 0.25) is 5.02 Å². The van der Waals surface area contributed by atoms with Crippen LogP contribution in [0.5, 0.6) is 0 Å². The van der Waals surface area contributed by atoms with Crippen molar-refractivity contribution in [1.29, 1.82) is 0 Å². The van der Waals surface area contributed by atoms with Crippen LogP contribution in [0.15, 0.2) is 47.1 Å². The zero-order chi connectivity index (χ0) is 19.1. The van der Waals surface area contributed by atoms with E-state index >= 15 is 0 Å². The van der Waals surface area contributed by atoms with Gasteiger partial charge in [0.05, 0.1) is 12.3 Å². The normalized spacial score (nSPS) is 15.9. The molecule has 2 amide bonds. The Morgan fingerprint density at radius 3 is 2.48 bits per heavy atom. The van der Waals surface area contributed by atoms with E-state index in [0.717, 1.165) is 35.9 Å². The van der Waals surface area contributed by atoms with Crippen LogP contribution in [0, 0.1) is 0 Å². The molecule has 1 fully saturated rings. The summed E-state index contributed by atoms with van der Waals surface area (Å²) in [6.07, 6.45) is 1.63. The number of amides is 2. The molecule has 6 nitrogen and oxygen atoms in total. The Balaban J connectivity index is 1.52. The van der Waals surface area contributed by atoms with Gasteiger partial charge in [0.25, 0.3) is 0 Å². The van der Waals surface area contributed by atoms with Crippen molar-refractivity contribution >= 4 is 35.2 Å². The van der Waals surface area contributed by atoms with Gasteiger partial charge in [0, 0.05) is 42.7 Å². The summed E-state index contributed by atoms with van der Waals surface area (Å²) in [6.45, 7) is 2.45. The fraction of sp³-hybridized carbons (Fsp3) is 0.368. The van der Waals surface area contributed by atoms with Gasteiger partial charge in [0.15, 0.2) is 0 Å². The Bertz CT molecular complexity index is 746. The first-order chi connectivity index (χ1) is 13.1. The molecule has 0 unspecified atom stereocenters. The number of rotatable bonds is 6. The Morgan fingerprint density at radius 1 is 1.11 bits per heavy atom. The van der Waals surface area contributed by atoms with E-state index in [4.69, 9.17) is 16.0 Å². The third-order valence-corrected chi connectivity index (χ3v) is 5.58. The van der Waals surface area contributed by atoms with Gasteiger partial charge in [-0.05, 0) is 29.8 Å². The maximum absolute atomic E-state index is 12.2. The molecule has 0 saturated carbocycles. The standard InChI is InChI=1S/C19H22ClN3O3S/c20-15-5-3-14(4-6-15)12-21-18(24)19(25)22-13-16(17-2-1-9-26-17)23-7-10-27-11-8-23/h1-6,9,16H,7-8,10-13H2,(H,21,24)(H,22,25)/t16-/m0/s1. The predicted molar refractivity (Wildman–Crippen MR) is 107 cm³/mol. The van der Waals surface area contributed by atoms with Crippen molar-refractivity contribution in [2.75, 3.05) is 31.1 Å². The molecule has 1 atom stereocenters. The van der Waals surface area contributed by atoms with Crippen LogP contribution in [0.3, 0.4) is 0 Å². The second kappa shape index (κ2) is 9.82. The molecule has 1 aliphatic rings. The zero-order valence-corrected chi connectivity index (χ0v) is 16.4. The summed E-state index contributed by atoms with van der Waals surface area (Å²) in [7, 11) is 0. The number of nitrogens with zero attached hydrogens (tertiary/aromatic N) is 1. The molecule has 1 saturated heterocycles. The second-order valence-electron chi connectivity index (χ2n) is 6.20. The number of hydrogen-bond donors (Lipinski definition) is 2. The van der Waals surface area contributed by atoms with Crippen molar-refractivity contribution in [3.05, 3.63) is 59.0 Å². The molecule has 1 aromatic heterocycles. The zero-order valence-electron chi connectivity index (χ0n) is 14.8. The Labute approximate surface area is 167 Å². The number of halogens is 1. The third kappa shape index (κ3) is 5.76. The Kier molecular flexibility index (Phi) is 7.20. The molecule has 1 aromatic carbocycles. The van der Waals surface area contributed by atoms with Crippen LogP contribution in [-0.2, 0) is 16.1 Å². The van der Waals surface area contributed by atoms with E-state index in [1.54, 1.807) is 18.4 Å². The first-order valence-electron chi connectivity index (χ1n) is 8.79. The topological polar surface area (TPSA) is 74.6 Å². The minimum Gasteiger partial charge on any atom is -0.468 e. The SMILES string of the molecule is O=C(NCc1ccc(Cl)cc1)C(=O)NC[C@@H](c1ccco1)N1CCSCC1. The van der Waals surface area contributed by atoms with Gasteiger partial charge >= 0.3 is 11.8 Å². The number of nitrogens with one attached hydrogen (secondary N) is 2. The molecule has 3 rings (SSSR count). The largest absolute Gasteiger partial charge is 0.468 e. The highest BCUT2D eigenvalue weighted by Crippen LogP contribution is 2.24. The Hall–Kier alpha value is -1.96. The highest BCUT2D eigenvalue weighted by Gasteiger charge is 2.26. The predicted octanol–water partition coefficient (Wildman–Crippen LogP) is 2.46. The lowest BCUT2D eigenvalue weighted by Gasteiger charge is -2.33. The van der Waals surface area contributed by atoms with Gasteiger partial charge in [-0.2, -0.15) is 11.8 Å². The molecule has 8 heteroatoms. The molecule has 1 aliphatic heterocycles. The molecule has 0 bridgehead atoms. The molecule has 0 radical (unpaired) electrons. The monoisotopic (exact) mass is 407 g/mol. The first-order valence-corrected chi connectivity index (χ1v) is 10.3. The highest BCUT2D eigenvalue weighted by molar-refractivity contribution is 7.99. The van der Waals surface area contributed by atoms with Crippen LogP contribution in [0.1, 0.15) is 17.4 Å². The molecular weight excluding hydrogens is 386 g/mol. The second-order valence-corrected chi connectivity index (χ2v) is 7.86. The highest BCUT2D eigenvalue weighted by atomic mass is 35.5. The van der Waals surface area contributed by atoms with Gasteiger partial charge in [-0.25, -0.2) is 0 Å². The Morgan fingerprint density at radius 2 is 1.81 bits per heavy atom. The quantitative estimate of drug-likeness (QED) is 0.719. The van der Waals surface area contributed by atoms with Crippen molar-refractivity contribution in [3.8, 4) is 0 Å². The lowest BCUT2D eigenvalue weighted by Crippen LogP contribution is -2.45. The lowest BCUT2D eigenvalue weighted by molar-refractivity contribution is -0.139. The van der Waals surface area contributed by atoms with E-state index in [1.807, 2.05) is 36.0 Å². The lowest BCUT2D eigenvalue weighted by atomic mass is 10.2. The van der Waals surface area contributed by atoms with Crippen LogP contribution >= 0.6 is 23.4 Å². The number of benzene rings is 1. The van der Waals surface area contributed by atoms with E-state index in [2.05, 4.69) is 15.5 Å². The van der Waals surface area contributed by atoms with Gasteiger partial charge < -0.3 is 15.1 Å². The third-order valence-electron chi connectivity index (χ3n) is 4.39. The number of hydrogen-bond acceptors (Lipinski definition) is 5. The maximum atomic E-state index is 12.2. The molecule has 2 aromatic rings. The summed E-state index contributed by atoms with van der Waals surface area (Å²) in [5, 5.41) is 5.98. The number of carbonyl (C=O) groups is 2. The molecule has 0 aliphatic carbocycles. The average molecular weight is 408 g/mol. The summed E-state index contributed by atoms with van der Waals surface area (Å²) < 4.78 is 5.55. The number of carbonyl (C=O) groups excluding carboxylic acids is 2. The minimum absolute atomic E-state index is 0.0751. The van der Waals surface area contributed by atoms with E-state index in [1.165, 1.54) is 0 Å². The molecule has 0 spiro atoms. The fourth-order valence-electron chi connectivity index (χ4n) is 2.91. The molecule has 2 heterocycles. The smallest absolute Gasteiger partial charge is 0.309 e. The molecular formula is C19H22ClN3O3S. The first kappa shape index (κ1) is 19.8. The molecule has 144 valence electrons. The average Bonchev–Trinajstić information content (AvgIpc) is 3.22. The van der Waals surface area contributed by atoms with Crippen molar-refractivity contribution < 1.29 is 14.0 Å². The van der Waals surface area contributed by atoms with Crippen LogP contribution in [0.4, 0.5) is 0 Å². The van der Waals surface area contributed by atoms with Gasteiger partial charge in [0.2, 0.25) is 0 Å².